The Balaban J connectivity index is 1.59. The lowest BCUT2D eigenvalue weighted by Crippen LogP contribution is -2.28. The van der Waals surface area contributed by atoms with E-state index in [1.165, 1.54) is 23.5 Å². The van der Waals surface area contributed by atoms with Gasteiger partial charge in [0.1, 0.15) is 18.2 Å². The second kappa shape index (κ2) is 7.48. The standard InChI is InChI=1S/C18H18FN3O2S/c1-12-10-16(13(2)22(12)18-21-7-9-25-18)17(23)20-6-8-24-15-5-3-4-14(19)11-15/h3-5,7,9-11H,6,8H2,1-2H3,(H,20,23). The van der Waals surface area contributed by atoms with Crippen LogP contribution in [0.15, 0.2) is 41.9 Å². The number of hydrogen-bond donors (Lipinski definition) is 1. The molecule has 130 valence electrons. The maximum Gasteiger partial charge on any atom is 0.253 e. The number of aryl methyl sites for hydroxylation is 1. The molecule has 0 fully saturated rings. The van der Waals surface area contributed by atoms with Crippen molar-refractivity contribution in [1.29, 1.82) is 0 Å². The Morgan fingerprint density at radius 3 is 2.92 bits per heavy atom. The summed E-state index contributed by atoms with van der Waals surface area (Å²) in [4.78, 5) is 16.7. The second-order valence-electron chi connectivity index (χ2n) is 5.50. The highest BCUT2D eigenvalue weighted by Crippen LogP contribution is 2.22. The van der Waals surface area contributed by atoms with Crippen molar-refractivity contribution < 1.29 is 13.9 Å². The van der Waals surface area contributed by atoms with E-state index in [0.29, 0.717) is 17.9 Å². The molecule has 2 heterocycles. The normalized spacial score (nSPS) is 10.7. The molecule has 0 aliphatic carbocycles. The van der Waals surface area contributed by atoms with Crippen molar-refractivity contribution in [2.45, 2.75) is 13.8 Å². The summed E-state index contributed by atoms with van der Waals surface area (Å²) in [6.45, 7) is 4.43. The maximum atomic E-state index is 13.1. The van der Waals surface area contributed by atoms with Crippen LogP contribution in [-0.4, -0.2) is 28.6 Å². The monoisotopic (exact) mass is 359 g/mol. The molecule has 1 N–H and O–H groups in total. The fourth-order valence-electron chi connectivity index (χ4n) is 2.60. The average molecular weight is 359 g/mol. The summed E-state index contributed by atoms with van der Waals surface area (Å²) in [6.07, 6.45) is 1.74. The smallest absolute Gasteiger partial charge is 0.253 e. The average Bonchev–Trinajstić information content (AvgIpc) is 3.19. The number of benzene rings is 1. The first-order chi connectivity index (χ1) is 12.1. The number of nitrogens with one attached hydrogen (secondary N) is 1. The number of rotatable bonds is 6. The van der Waals surface area contributed by atoms with Gasteiger partial charge in [0.15, 0.2) is 5.13 Å². The van der Waals surface area contributed by atoms with Crippen molar-refractivity contribution >= 4 is 17.2 Å². The van der Waals surface area contributed by atoms with Crippen molar-refractivity contribution in [3.05, 3.63) is 64.7 Å². The summed E-state index contributed by atoms with van der Waals surface area (Å²) in [5, 5.41) is 5.56. The molecular formula is C18H18FN3O2S. The molecule has 1 aromatic carbocycles. The number of halogens is 1. The lowest BCUT2D eigenvalue weighted by Gasteiger charge is -2.08. The second-order valence-corrected chi connectivity index (χ2v) is 6.37. The number of nitrogens with zero attached hydrogens (tertiary/aromatic N) is 2. The molecule has 25 heavy (non-hydrogen) atoms. The molecule has 2 aromatic heterocycles. The number of hydrogen-bond acceptors (Lipinski definition) is 4. The van der Waals surface area contributed by atoms with Gasteiger partial charge in [0, 0.05) is 29.0 Å². The first-order valence-corrected chi connectivity index (χ1v) is 8.69. The minimum atomic E-state index is -0.351. The number of amides is 1. The van der Waals surface area contributed by atoms with Gasteiger partial charge in [-0.3, -0.25) is 9.36 Å². The molecule has 0 radical (unpaired) electrons. The van der Waals surface area contributed by atoms with E-state index < -0.39 is 0 Å². The number of carbonyl (C=O) groups excluding carboxylic acids is 1. The van der Waals surface area contributed by atoms with Crippen molar-refractivity contribution in [3.8, 4) is 10.9 Å². The molecule has 0 saturated carbocycles. The molecule has 0 saturated heterocycles. The Morgan fingerprint density at radius 1 is 1.36 bits per heavy atom. The fourth-order valence-corrected chi connectivity index (χ4v) is 3.35. The summed E-state index contributed by atoms with van der Waals surface area (Å²) in [7, 11) is 0. The molecule has 3 rings (SSSR count). The molecule has 0 aliphatic rings. The molecule has 7 heteroatoms. The molecule has 5 nitrogen and oxygen atoms in total. The van der Waals surface area contributed by atoms with Gasteiger partial charge >= 0.3 is 0 Å². The molecule has 0 aliphatic heterocycles. The van der Waals surface area contributed by atoms with E-state index in [2.05, 4.69) is 10.3 Å². The minimum Gasteiger partial charge on any atom is -0.492 e. The van der Waals surface area contributed by atoms with Gasteiger partial charge in [-0.2, -0.15) is 0 Å². The van der Waals surface area contributed by atoms with Crippen molar-refractivity contribution in [2.75, 3.05) is 13.2 Å². The van der Waals surface area contributed by atoms with E-state index in [1.807, 2.05) is 29.9 Å². The Hall–Kier alpha value is -2.67. The minimum absolute atomic E-state index is 0.168. The Bertz CT molecular complexity index is 875. The highest BCUT2D eigenvalue weighted by molar-refractivity contribution is 7.12. The number of carbonyl (C=O) groups is 1. The first-order valence-electron chi connectivity index (χ1n) is 7.81. The highest BCUT2D eigenvalue weighted by atomic mass is 32.1. The van der Waals surface area contributed by atoms with Crippen LogP contribution in [0.5, 0.6) is 5.75 Å². The predicted molar refractivity (Wildman–Crippen MR) is 95.1 cm³/mol. The number of aromatic nitrogens is 2. The van der Waals surface area contributed by atoms with E-state index in [4.69, 9.17) is 4.74 Å². The lowest BCUT2D eigenvalue weighted by molar-refractivity contribution is 0.0946. The quantitative estimate of drug-likeness (QED) is 0.686. The summed E-state index contributed by atoms with van der Waals surface area (Å²) >= 11 is 1.52. The van der Waals surface area contributed by atoms with Gasteiger partial charge in [0.2, 0.25) is 0 Å². The maximum absolute atomic E-state index is 13.1. The molecular weight excluding hydrogens is 341 g/mol. The fraction of sp³-hybridized carbons (Fsp3) is 0.222. The van der Waals surface area contributed by atoms with E-state index in [1.54, 1.807) is 18.3 Å². The van der Waals surface area contributed by atoms with Gasteiger partial charge in [-0.1, -0.05) is 6.07 Å². The highest BCUT2D eigenvalue weighted by Gasteiger charge is 2.17. The lowest BCUT2D eigenvalue weighted by atomic mass is 10.2. The van der Waals surface area contributed by atoms with E-state index in [-0.39, 0.29) is 18.3 Å². The number of ether oxygens (including phenoxy) is 1. The Kier molecular flexibility index (Phi) is 5.14. The van der Waals surface area contributed by atoms with Crippen LogP contribution in [0.1, 0.15) is 21.7 Å². The molecule has 0 unspecified atom stereocenters. The summed E-state index contributed by atoms with van der Waals surface area (Å²) < 4.78 is 20.5. The van der Waals surface area contributed by atoms with Crippen LogP contribution in [0.4, 0.5) is 4.39 Å². The Morgan fingerprint density at radius 2 is 2.20 bits per heavy atom. The molecule has 0 atom stereocenters. The Labute approximate surface area is 149 Å². The van der Waals surface area contributed by atoms with Gasteiger partial charge in [-0.25, -0.2) is 9.37 Å². The SMILES string of the molecule is Cc1cc(C(=O)NCCOc2cccc(F)c2)c(C)n1-c1nccs1. The molecule has 0 spiro atoms. The third kappa shape index (κ3) is 3.88. The van der Waals surface area contributed by atoms with Gasteiger partial charge in [0.25, 0.3) is 5.91 Å². The van der Waals surface area contributed by atoms with Gasteiger partial charge in [0.05, 0.1) is 12.1 Å². The first kappa shape index (κ1) is 17.2. The van der Waals surface area contributed by atoms with Crippen LogP contribution in [0.3, 0.4) is 0 Å². The van der Waals surface area contributed by atoms with Gasteiger partial charge < -0.3 is 10.1 Å². The zero-order valence-electron chi connectivity index (χ0n) is 14.0. The van der Waals surface area contributed by atoms with Crippen LogP contribution >= 0.6 is 11.3 Å². The van der Waals surface area contributed by atoms with Crippen molar-refractivity contribution in [3.63, 3.8) is 0 Å². The third-order valence-corrected chi connectivity index (χ3v) is 4.50. The largest absolute Gasteiger partial charge is 0.492 e. The van der Waals surface area contributed by atoms with Crippen LogP contribution in [0, 0.1) is 19.7 Å². The summed E-state index contributed by atoms with van der Waals surface area (Å²) in [5.74, 6) is -0.0777. The van der Waals surface area contributed by atoms with Crippen LogP contribution in [-0.2, 0) is 0 Å². The van der Waals surface area contributed by atoms with Crippen molar-refractivity contribution in [2.24, 2.45) is 0 Å². The molecule has 1 amide bonds. The zero-order valence-corrected chi connectivity index (χ0v) is 14.8. The van der Waals surface area contributed by atoms with Gasteiger partial charge in [-0.05, 0) is 32.0 Å². The predicted octanol–water partition coefficient (Wildman–Crippen LogP) is 3.50. The number of thiazole rings is 1. The molecule has 3 aromatic rings. The van der Waals surface area contributed by atoms with Crippen LogP contribution in [0.2, 0.25) is 0 Å². The summed E-state index contributed by atoms with van der Waals surface area (Å²) in [6, 6.07) is 7.76. The van der Waals surface area contributed by atoms with Gasteiger partial charge in [-0.15, -0.1) is 11.3 Å². The van der Waals surface area contributed by atoms with E-state index >= 15 is 0 Å². The van der Waals surface area contributed by atoms with Crippen LogP contribution < -0.4 is 10.1 Å². The van der Waals surface area contributed by atoms with Crippen LogP contribution in [0.25, 0.3) is 5.13 Å². The van der Waals surface area contributed by atoms with E-state index in [0.717, 1.165) is 16.5 Å². The summed E-state index contributed by atoms with van der Waals surface area (Å²) in [5.41, 5.74) is 2.41. The topological polar surface area (TPSA) is 56.1 Å². The third-order valence-electron chi connectivity index (χ3n) is 3.74. The zero-order chi connectivity index (χ0) is 17.8. The molecule has 0 bridgehead atoms. The van der Waals surface area contributed by atoms with E-state index in [9.17, 15) is 9.18 Å². The van der Waals surface area contributed by atoms with Crippen molar-refractivity contribution in [1.82, 2.24) is 14.9 Å².